The van der Waals surface area contributed by atoms with E-state index in [1.165, 1.54) is 12.1 Å². The van der Waals surface area contributed by atoms with Crippen molar-refractivity contribution in [3.63, 3.8) is 0 Å². The fraction of sp³-hybridized carbons (Fsp3) is 0.500. The second kappa shape index (κ2) is 8.92. The minimum Gasteiger partial charge on any atom is -0.493 e. The van der Waals surface area contributed by atoms with Crippen LogP contribution in [0.2, 0.25) is 0 Å². The Labute approximate surface area is 177 Å². The van der Waals surface area contributed by atoms with Crippen molar-refractivity contribution in [3.8, 4) is 11.5 Å². The number of ether oxygens (including phenoxy) is 3. The number of benzene rings is 2. The number of hydrogen-bond donors (Lipinski definition) is 1. The average Bonchev–Trinajstić information content (AvgIpc) is 2.99. The highest BCUT2D eigenvalue weighted by atomic mass is 19.1. The Hall–Kier alpha value is -2.15. The lowest BCUT2D eigenvalue weighted by atomic mass is 9.80. The van der Waals surface area contributed by atoms with Crippen molar-refractivity contribution in [3.05, 3.63) is 59.4 Å². The van der Waals surface area contributed by atoms with Gasteiger partial charge in [0.15, 0.2) is 11.5 Å². The molecule has 0 spiro atoms. The first-order valence-corrected chi connectivity index (χ1v) is 10.6. The number of piperidine rings is 1. The van der Waals surface area contributed by atoms with Gasteiger partial charge >= 0.3 is 0 Å². The third-order valence-corrected chi connectivity index (χ3v) is 6.44. The molecule has 2 saturated heterocycles. The predicted octanol–water partition coefficient (Wildman–Crippen LogP) is 3.87. The number of nitrogens with zero attached hydrogens (tertiary/aromatic N) is 1. The number of halogens is 1. The molecule has 0 aromatic heterocycles. The first-order valence-electron chi connectivity index (χ1n) is 10.6. The Morgan fingerprint density at radius 1 is 1.00 bits per heavy atom. The molecule has 1 N–H and O–H groups in total. The Morgan fingerprint density at radius 2 is 1.70 bits per heavy atom. The monoisotopic (exact) mass is 415 g/mol. The van der Waals surface area contributed by atoms with Crippen molar-refractivity contribution < 1.29 is 23.7 Å². The zero-order valence-electron chi connectivity index (χ0n) is 17.6. The van der Waals surface area contributed by atoms with Crippen LogP contribution < -0.4 is 9.47 Å². The highest BCUT2D eigenvalue weighted by Crippen LogP contribution is 2.46. The minimum atomic E-state index is -0.882. The van der Waals surface area contributed by atoms with Crippen LogP contribution >= 0.6 is 0 Å². The molecule has 2 aromatic rings. The minimum absolute atomic E-state index is 0.272. The fourth-order valence-corrected chi connectivity index (χ4v) is 4.95. The van der Waals surface area contributed by atoms with E-state index in [1.54, 1.807) is 26.4 Å². The summed E-state index contributed by atoms with van der Waals surface area (Å²) in [6, 6.07) is 13.0. The summed E-state index contributed by atoms with van der Waals surface area (Å²) in [4.78, 5) is 2.50. The van der Waals surface area contributed by atoms with Gasteiger partial charge in [0.25, 0.3) is 0 Å². The quantitative estimate of drug-likeness (QED) is 0.664. The maximum absolute atomic E-state index is 13.3. The summed E-state index contributed by atoms with van der Waals surface area (Å²) in [5, 5.41) is 11.3. The highest BCUT2D eigenvalue weighted by molar-refractivity contribution is 5.43. The first-order chi connectivity index (χ1) is 14.5. The van der Waals surface area contributed by atoms with Crippen LogP contribution in [0.15, 0.2) is 42.5 Å². The van der Waals surface area contributed by atoms with Crippen LogP contribution in [0.4, 0.5) is 4.39 Å². The summed E-state index contributed by atoms with van der Waals surface area (Å²) in [6.07, 6.45) is 3.49. The lowest BCUT2D eigenvalue weighted by Crippen LogP contribution is -2.49. The molecule has 4 rings (SSSR count). The van der Waals surface area contributed by atoms with Gasteiger partial charge in [0.1, 0.15) is 12.4 Å². The van der Waals surface area contributed by atoms with Gasteiger partial charge in [-0.3, -0.25) is 4.90 Å². The summed E-state index contributed by atoms with van der Waals surface area (Å²) < 4.78 is 29.6. The van der Waals surface area contributed by atoms with Crippen LogP contribution in [0.1, 0.15) is 36.8 Å². The first kappa shape index (κ1) is 21.1. The van der Waals surface area contributed by atoms with Gasteiger partial charge in [-0.05, 0) is 61.1 Å². The zero-order chi connectivity index (χ0) is 21.1. The molecule has 30 heavy (non-hydrogen) atoms. The summed E-state index contributed by atoms with van der Waals surface area (Å²) in [7, 11) is 3.30. The molecule has 0 aliphatic carbocycles. The van der Waals surface area contributed by atoms with Gasteiger partial charge in [0.2, 0.25) is 0 Å². The molecule has 2 bridgehead atoms. The van der Waals surface area contributed by atoms with E-state index in [0.717, 1.165) is 36.3 Å². The van der Waals surface area contributed by atoms with E-state index >= 15 is 0 Å². The smallest absolute Gasteiger partial charge is 0.161 e. The molecule has 162 valence electrons. The fourth-order valence-electron chi connectivity index (χ4n) is 4.95. The standard InChI is InChI=1S/C24H30FNO4/c1-28-11-12-30-22-10-3-17(13-23(22)29-2)16-26-20-8-9-21(26)15-24(27,14-20)18-4-6-19(25)7-5-18/h3-7,10,13,20-21,27H,8-9,11-12,14-16H2,1-2H3/t20-,21+,24?. The molecular weight excluding hydrogens is 385 g/mol. The van der Waals surface area contributed by atoms with Crippen LogP contribution in [0.3, 0.4) is 0 Å². The van der Waals surface area contributed by atoms with Crippen LogP contribution in [0.25, 0.3) is 0 Å². The van der Waals surface area contributed by atoms with Crippen LogP contribution in [0.5, 0.6) is 11.5 Å². The normalized spacial score (nSPS) is 26.0. The van der Waals surface area contributed by atoms with Crippen molar-refractivity contribution in [2.75, 3.05) is 27.4 Å². The number of fused-ring (bicyclic) bond motifs is 2. The Kier molecular flexibility index (Phi) is 6.27. The second-order valence-electron chi connectivity index (χ2n) is 8.33. The van der Waals surface area contributed by atoms with Gasteiger partial charge in [-0.15, -0.1) is 0 Å². The number of aliphatic hydroxyl groups is 1. The van der Waals surface area contributed by atoms with Crippen molar-refractivity contribution in [2.45, 2.75) is 49.9 Å². The van der Waals surface area contributed by atoms with E-state index < -0.39 is 5.60 Å². The van der Waals surface area contributed by atoms with Crippen LogP contribution in [-0.4, -0.2) is 49.5 Å². The Bertz CT molecular complexity index is 843. The highest BCUT2D eigenvalue weighted by Gasteiger charge is 2.48. The lowest BCUT2D eigenvalue weighted by Gasteiger charge is -2.44. The van der Waals surface area contributed by atoms with Crippen molar-refractivity contribution >= 4 is 0 Å². The topological polar surface area (TPSA) is 51.2 Å². The van der Waals surface area contributed by atoms with Gasteiger partial charge in [-0.2, -0.15) is 0 Å². The molecule has 2 aromatic carbocycles. The molecule has 0 saturated carbocycles. The van der Waals surface area contributed by atoms with Crippen molar-refractivity contribution in [2.24, 2.45) is 0 Å². The maximum Gasteiger partial charge on any atom is 0.161 e. The maximum atomic E-state index is 13.3. The average molecular weight is 416 g/mol. The zero-order valence-corrected chi connectivity index (χ0v) is 17.6. The van der Waals surface area contributed by atoms with E-state index in [2.05, 4.69) is 11.0 Å². The van der Waals surface area contributed by atoms with Gasteiger partial charge in [0.05, 0.1) is 19.3 Å². The van der Waals surface area contributed by atoms with Gasteiger partial charge in [0, 0.05) is 25.7 Å². The van der Waals surface area contributed by atoms with E-state index in [1.807, 2.05) is 12.1 Å². The van der Waals surface area contributed by atoms with E-state index in [9.17, 15) is 9.50 Å². The van der Waals surface area contributed by atoms with Crippen molar-refractivity contribution in [1.82, 2.24) is 4.90 Å². The molecule has 2 fully saturated rings. The summed E-state index contributed by atoms with van der Waals surface area (Å²) in [6.45, 7) is 1.81. The van der Waals surface area contributed by atoms with Gasteiger partial charge < -0.3 is 19.3 Å². The molecule has 0 amide bonds. The summed E-state index contributed by atoms with van der Waals surface area (Å²) in [5.74, 6) is 1.16. The van der Waals surface area contributed by atoms with Crippen LogP contribution in [0, 0.1) is 5.82 Å². The third-order valence-electron chi connectivity index (χ3n) is 6.44. The molecule has 2 aliphatic rings. The van der Waals surface area contributed by atoms with E-state index in [-0.39, 0.29) is 5.82 Å². The molecule has 1 unspecified atom stereocenters. The van der Waals surface area contributed by atoms with E-state index in [0.29, 0.717) is 43.9 Å². The molecular formula is C24H30FNO4. The molecule has 2 aliphatic heterocycles. The molecule has 0 radical (unpaired) electrons. The predicted molar refractivity (Wildman–Crippen MR) is 112 cm³/mol. The molecule has 3 atom stereocenters. The van der Waals surface area contributed by atoms with Crippen molar-refractivity contribution in [1.29, 1.82) is 0 Å². The number of methoxy groups -OCH3 is 2. The lowest BCUT2D eigenvalue weighted by molar-refractivity contribution is -0.0595. The molecule has 2 heterocycles. The largest absolute Gasteiger partial charge is 0.493 e. The number of hydrogen-bond acceptors (Lipinski definition) is 5. The number of rotatable bonds is 8. The Morgan fingerprint density at radius 3 is 2.33 bits per heavy atom. The Balaban J connectivity index is 1.46. The van der Waals surface area contributed by atoms with E-state index in [4.69, 9.17) is 14.2 Å². The summed E-state index contributed by atoms with van der Waals surface area (Å²) in [5.41, 5.74) is 1.10. The molecule has 6 heteroatoms. The third kappa shape index (κ3) is 4.31. The van der Waals surface area contributed by atoms with Crippen LogP contribution in [-0.2, 0) is 16.9 Å². The summed E-state index contributed by atoms with van der Waals surface area (Å²) >= 11 is 0. The SMILES string of the molecule is COCCOc1ccc(CN2[C@@H]3CC[C@H]2CC(O)(c2ccc(F)cc2)C3)cc1OC. The second-order valence-corrected chi connectivity index (χ2v) is 8.33. The van der Waals surface area contributed by atoms with Gasteiger partial charge in [-0.25, -0.2) is 4.39 Å². The van der Waals surface area contributed by atoms with Gasteiger partial charge in [-0.1, -0.05) is 18.2 Å². The molecule has 5 nitrogen and oxygen atoms in total.